The Morgan fingerprint density at radius 1 is 1.38 bits per heavy atom. The summed E-state index contributed by atoms with van der Waals surface area (Å²) in [6.45, 7) is 8.06. The predicted molar refractivity (Wildman–Crippen MR) is 57.5 cm³/mol. The molecule has 0 fully saturated rings. The summed E-state index contributed by atoms with van der Waals surface area (Å²) in [6.07, 6.45) is 1.85. The lowest BCUT2D eigenvalue weighted by atomic mass is 10.3. The molecule has 0 aromatic carbocycles. The summed E-state index contributed by atoms with van der Waals surface area (Å²) < 4.78 is 0. The zero-order valence-electron chi connectivity index (χ0n) is 8.34. The zero-order chi connectivity index (χ0) is 9.84. The van der Waals surface area contributed by atoms with E-state index in [1.54, 1.807) is 0 Å². The second-order valence-corrected chi connectivity index (χ2v) is 3.40. The minimum Gasteiger partial charge on any atom is -0.356 e. The highest BCUT2D eigenvalue weighted by molar-refractivity contribution is 6.33. The van der Waals surface area contributed by atoms with Gasteiger partial charge in [-0.25, -0.2) is 4.98 Å². The average Bonchev–Trinajstić information content (AvgIpc) is 2.10. The van der Waals surface area contributed by atoms with Crippen molar-refractivity contribution in [2.24, 2.45) is 0 Å². The normalized spacial score (nSPS) is 10.2. The van der Waals surface area contributed by atoms with Crippen molar-refractivity contribution < 1.29 is 0 Å². The summed E-state index contributed by atoms with van der Waals surface area (Å²) in [5.74, 6) is 0.886. The first-order chi connectivity index (χ1) is 6.19. The van der Waals surface area contributed by atoms with Gasteiger partial charge in [0.1, 0.15) is 5.82 Å². The fourth-order valence-electron chi connectivity index (χ4n) is 1.28. The summed E-state index contributed by atoms with van der Waals surface area (Å²) in [7, 11) is 0. The monoisotopic (exact) mass is 198 g/mol. The van der Waals surface area contributed by atoms with Gasteiger partial charge in [-0.3, -0.25) is 0 Å². The number of aromatic nitrogens is 1. The van der Waals surface area contributed by atoms with Crippen LogP contribution in [0.2, 0.25) is 5.02 Å². The molecule has 0 unspecified atom stereocenters. The van der Waals surface area contributed by atoms with E-state index in [1.165, 1.54) is 0 Å². The summed E-state index contributed by atoms with van der Waals surface area (Å²) in [6, 6.07) is 1.95. The quantitative estimate of drug-likeness (QED) is 0.743. The van der Waals surface area contributed by atoms with Crippen LogP contribution in [0.1, 0.15) is 19.4 Å². The first kappa shape index (κ1) is 10.3. The fourth-order valence-corrected chi connectivity index (χ4v) is 1.62. The number of nitrogens with zero attached hydrogens (tertiary/aromatic N) is 2. The maximum absolute atomic E-state index is 6.08. The van der Waals surface area contributed by atoms with Crippen LogP contribution < -0.4 is 4.90 Å². The topological polar surface area (TPSA) is 16.1 Å². The third-order valence-corrected chi connectivity index (χ3v) is 2.30. The maximum Gasteiger partial charge on any atom is 0.147 e. The molecule has 0 saturated carbocycles. The predicted octanol–water partition coefficient (Wildman–Crippen LogP) is 2.89. The number of hydrogen-bond donors (Lipinski definition) is 0. The van der Waals surface area contributed by atoms with Crippen LogP contribution in [0.5, 0.6) is 0 Å². The number of rotatable bonds is 3. The Labute approximate surface area is 84.5 Å². The SMILES string of the molecule is CCN(CC)c1ncc(C)cc1Cl. The van der Waals surface area contributed by atoms with Crippen molar-refractivity contribution >= 4 is 17.4 Å². The molecule has 0 saturated heterocycles. The first-order valence-corrected chi connectivity index (χ1v) is 4.94. The highest BCUT2D eigenvalue weighted by atomic mass is 35.5. The van der Waals surface area contributed by atoms with Gasteiger partial charge in [0.15, 0.2) is 0 Å². The average molecular weight is 199 g/mol. The molecule has 0 radical (unpaired) electrons. The van der Waals surface area contributed by atoms with Crippen molar-refractivity contribution in [1.82, 2.24) is 4.98 Å². The lowest BCUT2D eigenvalue weighted by Gasteiger charge is -2.20. The number of anilines is 1. The van der Waals surface area contributed by atoms with Crippen LogP contribution in [0, 0.1) is 6.92 Å². The van der Waals surface area contributed by atoms with Crippen LogP contribution in [0.4, 0.5) is 5.82 Å². The van der Waals surface area contributed by atoms with Gasteiger partial charge in [0.25, 0.3) is 0 Å². The van der Waals surface area contributed by atoms with Crippen molar-refractivity contribution in [3.8, 4) is 0 Å². The van der Waals surface area contributed by atoms with Gasteiger partial charge in [0, 0.05) is 19.3 Å². The van der Waals surface area contributed by atoms with E-state index in [4.69, 9.17) is 11.6 Å². The molecule has 72 valence electrons. The van der Waals surface area contributed by atoms with Crippen LogP contribution in [-0.2, 0) is 0 Å². The smallest absolute Gasteiger partial charge is 0.147 e. The van der Waals surface area contributed by atoms with Gasteiger partial charge in [0.2, 0.25) is 0 Å². The molecule has 0 amide bonds. The maximum atomic E-state index is 6.08. The summed E-state index contributed by atoms with van der Waals surface area (Å²) in [5.41, 5.74) is 1.10. The van der Waals surface area contributed by atoms with Gasteiger partial charge in [-0.05, 0) is 32.4 Å². The van der Waals surface area contributed by atoms with Crippen molar-refractivity contribution in [3.05, 3.63) is 22.8 Å². The first-order valence-electron chi connectivity index (χ1n) is 4.56. The van der Waals surface area contributed by atoms with Crippen LogP contribution in [0.15, 0.2) is 12.3 Å². The molecule has 0 aliphatic heterocycles. The van der Waals surface area contributed by atoms with Gasteiger partial charge >= 0.3 is 0 Å². The molecule has 3 heteroatoms. The summed E-state index contributed by atoms with van der Waals surface area (Å²) in [4.78, 5) is 6.45. The van der Waals surface area contributed by atoms with Gasteiger partial charge in [0.05, 0.1) is 5.02 Å². The van der Waals surface area contributed by atoms with Crippen molar-refractivity contribution in [2.75, 3.05) is 18.0 Å². The Balaban J connectivity index is 2.99. The van der Waals surface area contributed by atoms with Crippen LogP contribution in [0.3, 0.4) is 0 Å². The molecule has 1 aromatic rings. The van der Waals surface area contributed by atoms with E-state index in [1.807, 2.05) is 19.2 Å². The molecule has 0 aliphatic rings. The molecule has 0 atom stereocenters. The Morgan fingerprint density at radius 2 is 2.00 bits per heavy atom. The van der Waals surface area contributed by atoms with E-state index >= 15 is 0 Å². The number of hydrogen-bond acceptors (Lipinski definition) is 2. The highest BCUT2D eigenvalue weighted by Gasteiger charge is 2.07. The van der Waals surface area contributed by atoms with E-state index in [0.717, 1.165) is 29.5 Å². The van der Waals surface area contributed by atoms with Gasteiger partial charge in [-0.1, -0.05) is 11.6 Å². The molecule has 1 heterocycles. The third kappa shape index (κ3) is 2.34. The molecule has 0 bridgehead atoms. The van der Waals surface area contributed by atoms with Gasteiger partial charge in [-0.2, -0.15) is 0 Å². The van der Waals surface area contributed by atoms with Crippen molar-refractivity contribution in [2.45, 2.75) is 20.8 Å². The molecule has 13 heavy (non-hydrogen) atoms. The minimum absolute atomic E-state index is 0.740. The molecule has 0 spiro atoms. The third-order valence-electron chi connectivity index (χ3n) is 2.02. The van der Waals surface area contributed by atoms with Gasteiger partial charge < -0.3 is 4.90 Å². The van der Waals surface area contributed by atoms with Crippen LogP contribution in [-0.4, -0.2) is 18.1 Å². The van der Waals surface area contributed by atoms with E-state index in [-0.39, 0.29) is 0 Å². The minimum atomic E-state index is 0.740. The number of halogens is 1. The fraction of sp³-hybridized carbons (Fsp3) is 0.500. The lowest BCUT2D eigenvalue weighted by molar-refractivity contribution is 0.845. The Morgan fingerprint density at radius 3 is 2.46 bits per heavy atom. The highest BCUT2D eigenvalue weighted by Crippen LogP contribution is 2.23. The van der Waals surface area contributed by atoms with E-state index in [9.17, 15) is 0 Å². The van der Waals surface area contributed by atoms with Crippen LogP contribution in [0.25, 0.3) is 0 Å². The van der Waals surface area contributed by atoms with E-state index in [0.29, 0.717) is 0 Å². The summed E-state index contributed by atoms with van der Waals surface area (Å²) >= 11 is 6.08. The largest absolute Gasteiger partial charge is 0.356 e. The second kappa shape index (κ2) is 4.47. The number of pyridine rings is 1. The molecule has 1 aromatic heterocycles. The number of aryl methyl sites for hydroxylation is 1. The van der Waals surface area contributed by atoms with Crippen molar-refractivity contribution in [1.29, 1.82) is 0 Å². The molecule has 2 nitrogen and oxygen atoms in total. The standard InChI is InChI=1S/C10H15ClN2/c1-4-13(5-2)10-9(11)6-8(3)7-12-10/h6-7H,4-5H2,1-3H3. The Bertz CT molecular complexity index is 282. The Kier molecular flexibility index (Phi) is 3.55. The molecular formula is C10H15ClN2. The molecule has 0 aliphatic carbocycles. The second-order valence-electron chi connectivity index (χ2n) is 2.99. The Hall–Kier alpha value is -0.760. The molecule has 0 N–H and O–H groups in total. The molecule has 1 rings (SSSR count). The van der Waals surface area contributed by atoms with E-state index in [2.05, 4.69) is 23.7 Å². The van der Waals surface area contributed by atoms with Gasteiger partial charge in [-0.15, -0.1) is 0 Å². The van der Waals surface area contributed by atoms with Crippen molar-refractivity contribution in [3.63, 3.8) is 0 Å². The lowest BCUT2D eigenvalue weighted by Crippen LogP contribution is -2.23. The molecular weight excluding hydrogens is 184 g/mol. The zero-order valence-corrected chi connectivity index (χ0v) is 9.10. The van der Waals surface area contributed by atoms with E-state index < -0.39 is 0 Å². The van der Waals surface area contributed by atoms with Crippen LogP contribution >= 0.6 is 11.6 Å². The summed E-state index contributed by atoms with van der Waals surface area (Å²) in [5, 5.41) is 0.740.